The minimum Gasteiger partial charge on any atom is -0.368 e. The third kappa shape index (κ3) is 3.75. The van der Waals surface area contributed by atoms with E-state index in [2.05, 4.69) is 12.7 Å². The molecule has 2 rings (SSSR count). The van der Waals surface area contributed by atoms with Gasteiger partial charge >= 0.3 is 0 Å². The van der Waals surface area contributed by atoms with Crippen LogP contribution in [0.5, 0.6) is 0 Å². The molecule has 20 heavy (non-hydrogen) atoms. The zero-order valence-corrected chi connectivity index (χ0v) is 14.0. The van der Waals surface area contributed by atoms with E-state index in [1.807, 2.05) is 0 Å². The summed E-state index contributed by atoms with van der Waals surface area (Å²) in [5.41, 5.74) is 0.594. The molecule has 0 saturated carbocycles. The van der Waals surface area contributed by atoms with Gasteiger partial charge in [-0.2, -0.15) is 23.8 Å². The number of alkyl halides is 2. The Morgan fingerprint density at radius 3 is 2.55 bits per heavy atom. The minimum absolute atomic E-state index is 0. The molecule has 1 nitrogen and oxygen atoms in total. The fourth-order valence-corrected chi connectivity index (χ4v) is 1.93. The van der Waals surface area contributed by atoms with Crippen LogP contribution in [-0.4, -0.2) is 17.9 Å². The fourth-order valence-electron chi connectivity index (χ4n) is 1.77. The third-order valence-corrected chi connectivity index (χ3v) is 2.98. The van der Waals surface area contributed by atoms with Gasteiger partial charge in [-0.15, -0.1) is 6.07 Å². The van der Waals surface area contributed by atoms with Crippen molar-refractivity contribution in [3.63, 3.8) is 0 Å². The second-order valence-corrected chi connectivity index (χ2v) is 4.32. The molecule has 1 radical (unpaired) electrons. The van der Waals surface area contributed by atoms with Crippen LogP contribution in [0.2, 0.25) is 0 Å². The van der Waals surface area contributed by atoms with Gasteiger partial charge in [0.1, 0.15) is 0 Å². The molecule has 0 saturated heterocycles. The van der Waals surface area contributed by atoms with Crippen LogP contribution in [0, 0.1) is 11.9 Å². The number of hydrogen-bond donors (Lipinski definition) is 0. The predicted molar refractivity (Wildman–Crippen MR) is 68.8 cm³/mol. The maximum Gasteiger partial charge on any atom is 0.256 e. The standard InChI is InChI=1S/C14H10ClF3N.Y/c1-9-11(15)6-7-13(19(9)8-14(17)18)10-4-2-3-5-12(10)16;/h2-6,14H,1,8H2;/q-1;. The molecule has 103 valence electrons. The van der Waals surface area contributed by atoms with Crippen LogP contribution in [0.25, 0.3) is 5.70 Å². The van der Waals surface area contributed by atoms with Crippen molar-refractivity contribution in [2.75, 3.05) is 6.54 Å². The van der Waals surface area contributed by atoms with E-state index < -0.39 is 18.8 Å². The number of rotatable bonds is 3. The van der Waals surface area contributed by atoms with Gasteiger partial charge in [0, 0.05) is 32.7 Å². The molecule has 0 amide bonds. The van der Waals surface area contributed by atoms with Gasteiger partial charge in [0.2, 0.25) is 0 Å². The summed E-state index contributed by atoms with van der Waals surface area (Å²) < 4.78 is 39.0. The molecule has 1 aromatic rings. The van der Waals surface area contributed by atoms with Crippen LogP contribution in [0.4, 0.5) is 13.2 Å². The van der Waals surface area contributed by atoms with Gasteiger partial charge in [-0.25, -0.2) is 13.2 Å². The largest absolute Gasteiger partial charge is 0.368 e. The predicted octanol–water partition coefficient (Wildman–Crippen LogP) is 4.18. The Hall–Kier alpha value is -0.576. The molecule has 1 heterocycles. The molecule has 6 heteroatoms. The van der Waals surface area contributed by atoms with E-state index >= 15 is 0 Å². The Kier molecular flexibility index (Phi) is 6.50. The Balaban J connectivity index is 0.00000200. The van der Waals surface area contributed by atoms with Crippen LogP contribution in [0.15, 0.2) is 47.6 Å². The van der Waals surface area contributed by atoms with Crippen molar-refractivity contribution in [2.24, 2.45) is 0 Å². The monoisotopic (exact) mass is 373 g/mol. The first kappa shape index (κ1) is 17.5. The van der Waals surface area contributed by atoms with E-state index in [1.54, 1.807) is 6.07 Å². The fraction of sp³-hybridized carbons (Fsp3) is 0.143. The average molecular weight is 374 g/mol. The number of hydrogen-bond acceptors (Lipinski definition) is 1. The summed E-state index contributed by atoms with van der Waals surface area (Å²) in [6, 6.07) is 5.90. The molecule has 0 bridgehead atoms. The van der Waals surface area contributed by atoms with Crippen LogP contribution in [0.3, 0.4) is 0 Å². The number of nitrogens with zero attached hydrogens (tertiary/aromatic N) is 1. The molecule has 1 aromatic carbocycles. The van der Waals surface area contributed by atoms with E-state index in [0.717, 1.165) is 0 Å². The van der Waals surface area contributed by atoms with Gasteiger partial charge < -0.3 is 4.90 Å². The van der Waals surface area contributed by atoms with Gasteiger partial charge in [0.05, 0.1) is 12.4 Å². The SMILES string of the molecule is C=C1C(Cl)=C[C-]=C(c2ccccc2F)N1CC(F)F.[Y]. The molecular weight excluding hydrogens is 364 g/mol. The normalized spacial score (nSPS) is 14.8. The molecule has 0 unspecified atom stereocenters. The van der Waals surface area contributed by atoms with Crippen molar-refractivity contribution in [3.05, 3.63) is 65.1 Å². The van der Waals surface area contributed by atoms with E-state index in [9.17, 15) is 13.2 Å². The van der Waals surface area contributed by atoms with E-state index in [1.165, 1.54) is 29.2 Å². The van der Waals surface area contributed by atoms with Gasteiger partial charge in [0.15, 0.2) is 0 Å². The Bertz CT molecular complexity index is 569. The van der Waals surface area contributed by atoms with Crippen molar-refractivity contribution in [1.29, 1.82) is 0 Å². The Morgan fingerprint density at radius 1 is 1.30 bits per heavy atom. The minimum atomic E-state index is -2.59. The summed E-state index contributed by atoms with van der Waals surface area (Å²) in [6.07, 6.45) is 1.53. The average Bonchev–Trinajstić information content (AvgIpc) is 2.36. The molecule has 0 fully saturated rings. The van der Waals surface area contributed by atoms with Crippen molar-refractivity contribution in [3.8, 4) is 0 Å². The first-order chi connectivity index (χ1) is 9.00. The number of benzene rings is 1. The van der Waals surface area contributed by atoms with Crippen LogP contribution >= 0.6 is 11.6 Å². The maximum atomic E-state index is 13.8. The molecular formula is C14H10ClF3NY-. The maximum absolute atomic E-state index is 13.8. The Labute approximate surface area is 145 Å². The quantitative estimate of drug-likeness (QED) is 0.718. The second kappa shape index (κ2) is 7.44. The van der Waals surface area contributed by atoms with Gasteiger partial charge in [-0.1, -0.05) is 30.0 Å². The summed E-state index contributed by atoms with van der Waals surface area (Å²) >= 11 is 5.84. The molecule has 0 spiro atoms. The van der Waals surface area contributed by atoms with Gasteiger partial charge in [-0.3, -0.25) is 0 Å². The van der Waals surface area contributed by atoms with Crippen molar-refractivity contribution in [1.82, 2.24) is 4.90 Å². The second-order valence-electron chi connectivity index (χ2n) is 3.91. The summed E-state index contributed by atoms with van der Waals surface area (Å²) in [5, 5.41) is 0.209. The van der Waals surface area contributed by atoms with Crippen molar-refractivity contribution >= 4 is 17.3 Å². The topological polar surface area (TPSA) is 3.24 Å². The zero-order chi connectivity index (χ0) is 14.0. The summed E-state index contributed by atoms with van der Waals surface area (Å²) in [6.45, 7) is 3.03. The molecule has 1 aliphatic heterocycles. The number of allylic oxidation sites excluding steroid dienone is 3. The third-order valence-electron chi connectivity index (χ3n) is 2.66. The van der Waals surface area contributed by atoms with Crippen LogP contribution < -0.4 is 0 Å². The molecule has 0 atom stereocenters. The molecule has 0 N–H and O–H groups in total. The summed E-state index contributed by atoms with van der Waals surface area (Å²) in [4.78, 5) is 1.17. The van der Waals surface area contributed by atoms with Crippen LogP contribution in [-0.2, 0) is 32.7 Å². The molecule has 1 aliphatic rings. The molecule has 0 aromatic heterocycles. The molecule has 0 aliphatic carbocycles. The van der Waals surface area contributed by atoms with E-state index in [4.69, 9.17) is 11.6 Å². The van der Waals surface area contributed by atoms with Crippen LogP contribution in [0.1, 0.15) is 5.56 Å². The Morgan fingerprint density at radius 2 is 1.95 bits per heavy atom. The van der Waals surface area contributed by atoms with E-state index in [-0.39, 0.29) is 54.7 Å². The zero-order valence-electron chi connectivity index (χ0n) is 10.4. The smallest absolute Gasteiger partial charge is 0.256 e. The first-order valence-electron chi connectivity index (χ1n) is 5.49. The summed E-state index contributed by atoms with van der Waals surface area (Å²) in [5.74, 6) is -0.511. The number of halogens is 4. The van der Waals surface area contributed by atoms with Gasteiger partial charge in [-0.05, 0) is 16.8 Å². The van der Waals surface area contributed by atoms with Crippen molar-refractivity contribution < 1.29 is 45.9 Å². The van der Waals surface area contributed by atoms with Gasteiger partial charge in [0.25, 0.3) is 6.43 Å². The first-order valence-corrected chi connectivity index (χ1v) is 5.87. The summed E-state index contributed by atoms with van der Waals surface area (Å²) in [7, 11) is 0. The van der Waals surface area contributed by atoms with Crippen molar-refractivity contribution in [2.45, 2.75) is 6.43 Å². The van der Waals surface area contributed by atoms with E-state index in [0.29, 0.717) is 0 Å².